The molecule has 1 aromatic rings. The molecule has 0 N–H and O–H groups in total. The van der Waals surface area contributed by atoms with Gasteiger partial charge in [-0.15, -0.1) is 5.10 Å². The molecule has 0 radical (unpaired) electrons. The quantitative estimate of drug-likeness (QED) is 0.826. The van der Waals surface area contributed by atoms with Crippen LogP contribution in [0.2, 0.25) is 0 Å². The number of nitrogens with zero attached hydrogens (tertiary/aromatic N) is 5. The molecule has 0 saturated carbocycles. The normalized spacial score (nSPS) is 18.4. The van der Waals surface area contributed by atoms with Crippen LogP contribution in [-0.4, -0.2) is 60.0 Å². The standard InChI is InChI=1S/C10H18BrN5O/c1-14-4-3-5-15(7-6-14)10-12-9(11)13-16(10)8-17-2/h3-8H2,1-2H3. The van der Waals surface area contributed by atoms with E-state index in [1.165, 1.54) is 0 Å². The third kappa shape index (κ3) is 3.17. The van der Waals surface area contributed by atoms with E-state index in [0.717, 1.165) is 38.5 Å². The van der Waals surface area contributed by atoms with Crippen LogP contribution < -0.4 is 4.90 Å². The maximum atomic E-state index is 5.13. The summed E-state index contributed by atoms with van der Waals surface area (Å²) in [5.41, 5.74) is 0. The van der Waals surface area contributed by atoms with Gasteiger partial charge in [-0.3, -0.25) is 0 Å². The molecule has 0 atom stereocenters. The van der Waals surface area contributed by atoms with Crippen molar-refractivity contribution in [2.75, 3.05) is 45.2 Å². The van der Waals surface area contributed by atoms with Crippen LogP contribution in [0.25, 0.3) is 0 Å². The molecular weight excluding hydrogens is 286 g/mol. The average Bonchev–Trinajstić information content (AvgIpc) is 2.52. The van der Waals surface area contributed by atoms with Gasteiger partial charge in [0.1, 0.15) is 6.73 Å². The molecule has 0 aromatic carbocycles. The number of likely N-dealkylation sites (N-methyl/N-ethyl adjacent to an activating group) is 1. The molecule has 1 saturated heterocycles. The Hall–Kier alpha value is -0.660. The molecule has 7 heteroatoms. The lowest BCUT2D eigenvalue weighted by Gasteiger charge is -2.21. The Kier molecular flexibility index (Phi) is 4.36. The summed E-state index contributed by atoms with van der Waals surface area (Å²) >= 11 is 3.32. The van der Waals surface area contributed by atoms with Gasteiger partial charge in [-0.05, 0) is 35.9 Å². The van der Waals surface area contributed by atoms with Crippen LogP contribution in [0.3, 0.4) is 0 Å². The van der Waals surface area contributed by atoms with Gasteiger partial charge in [0, 0.05) is 26.7 Å². The van der Waals surface area contributed by atoms with E-state index in [2.05, 4.69) is 42.9 Å². The van der Waals surface area contributed by atoms with Crippen LogP contribution in [0.5, 0.6) is 0 Å². The van der Waals surface area contributed by atoms with Crippen molar-refractivity contribution in [2.45, 2.75) is 13.2 Å². The Morgan fingerprint density at radius 2 is 2.12 bits per heavy atom. The summed E-state index contributed by atoms with van der Waals surface area (Å²) in [5.74, 6) is 0.883. The first kappa shape index (κ1) is 12.8. The first-order chi connectivity index (χ1) is 8.20. The van der Waals surface area contributed by atoms with E-state index < -0.39 is 0 Å². The van der Waals surface area contributed by atoms with Gasteiger partial charge in [0.05, 0.1) is 0 Å². The third-order valence-corrected chi connectivity index (χ3v) is 3.22. The summed E-state index contributed by atoms with van der Waals surface area (Å²) < 4.78 is 7.53. The second-order valence-corrected chi connectivity index (χ2v) is 4.95. The molecular formula is C10H18BrN5O. The Balaban J connectivity index is 2.14. The summed E-state index contributed by atoms with van der Waals surface area (Å²) in [7, 11) is 3.81. The SMILES string of the molecule is COCn1nc(Br)nc1N1CCCN(C)CC1. The summed E-state index contributed by atoms with van der Waals surface area (Å²) in [6.45, 7) is 4.61. The predicted octanol–water partition coefficient (Wildman–Crippen LogP) is 0.786. The number of aromatic nitrogens is 3. The zero-order valence-electron chi connectivity index (χ0n) is 10.3. The minimum atomic E-state index is 0.431. The molecule has 1 aliphatic heterocycles. The number of hydrogen-bond acceptors (Lipinski definition) is 5. The Morgan fingerprint density at radius 3 is 2.88 bits per heavy atom. The van der Waals surface area contributed by atoms with Crippen molar-refractivity contribution in [3.63, 3.8) is 0 Å². The molecule has 0 amide bonds. The fourth-order valence-corrected chi connectivity index (χ4v) is 2.35. The number of halogens is 1. The van der Waals surface area contributed by atoms with Crippen molar-refractivity contribution in [2.24, 2.45) is 0 Å². The van der Waals surface area contributed by atoms with Crippen molar-refractivity contribution < 1.29 is 4.74 Å². The van der Waals surface area contributed by atoms with E-state index >= 15 is 0 Å². The highest BCUT2D eigenvalue weighted by Crippen LogP contribution is 2.16. The van der Waals surface area contributed by atoms with E-state index in [1.54, 1.807) is 11.8 Å². The van der Waals surface area contributed by atoms with Crippen LogP contribution in [0.4, 0.5) is 5.95 Å². The van der Waals surface area contributed by atoms with Crippen molar-refractivity contribution in [1.29, 1.82) is 0 Å². The van der Waals surface area contributed by atoms with E-state index in [4.69, 9.17) is 4.74 Å². The van der Waals surface area contributed by atoms with Gasteiger partial charge in [0.15, 0.2) is 0 Å². The van der Waals surface area contributed by atoms with Crippen LogP contribution in [0.1, 0.15) is 6.42 Å². The molecule has 2 rings (SSSR count). The monoisotopic (exact) mass is 303 g/mol. The molecule has 0 bridgehead atoms. The fraction of sp³-hybridized carbons (Fsp3) is 0.800. The molecule has 1 aromatic heterocycles. The molecule has 1 aliphatic rings. The lowest BCUT2D eigenvalue weighted by Crippen LogP contribution is -2.31. The van der Waals surface area contributed by atoms with E-state index in [9.17, 15) is 0 Å². The summed E-state index contributed by atoms with van der Waals surface area (Å²) in [6, 6.07) is 0. The Labute approximate surface area is 110 Å². The highest BCUT2D eigenvalue weighted by atomic mass is 79.9. The van der Waals surface area contributed by atoms with Gasteiger partial charge < -0.3 is 14.5 Å². The lowest BCUT2D eigenvalue weighted by atomic mass is 10.4. The van der Waals surface area contributed by atoms with Crippen LogP contribution >= 0.6 is 15.9 Å². The van der Waals surface area contributed by atoms with Crippen LogP contribution in [0, 0.1) is 0 Å². The number of ether oxygens (including phenoxy) is 1. The zero-order valence-corrected chi connectivity index (χ0v) is 11.9. The smallest absolute Gasteiger partial charge is 0.227 e. The topological polar surface area (TPSA) is 46.4 Å². The third-order valence-electron chi connectivity index (χ3n) is 2.88. The van der Waals surface area contributed by atoms with E-state index in [-0.39, 0.29) is 0 Å². The molecule has 1 fully saturated rings. The summed E-state index contributed by atoms with van der Waals surface area (Å²) in [6.07, 6.45) is 1.15. The van der Waals surface area contributed by atoms with Crippen LogP contribution in [0.15, 0.2) is 4.73 Å². The Bertz CT molecular complexity index is 370. The first-order valence-electron chi connectivity index (χ1n) is 5.73. The van der Waals surface area contributed by atoms with Crippen molar-refractivity contribution >= 4 is 21.9 Å². The fourth-order valence-electron chi connectivity index (χ4n) is 2.00. The zero-order chi connectivity index (χ0) is 12.3. The van der Waals surface area contributed by atoms with Crippen molar-refractivity contribution in [3.05, 3.63) is 4.73 Å². The molecule has 17 heavy (non-hydrogen) atoms. The van der Waals surface area contributed by atoms with Crippen molar-refractivity contribution in [3.8, 4) is 0 Å². The van der Waals surface area contributed by atoms with E-state index in [0.29, 0.717) is 11.5 Å². The van der Waals surface area contributed by atoms with Gasteiger partial charge >= 0.3 is 0 Å². The minimum Gasteiger partial charge on any atom is -0.362 e. The number of hydrogen-bond donors (Lipinski definition) is 0. The second-order valence-electron chi connectivity index (χ2n) is 4.24. The van der Waals surface area contributed by atoms with Gasteiger partial charge in [-0.1, -0.05) is 0 Å². The maximum Gasteiger partial charge on any atom is 0.227 e. The van der Waals surface area contributed by atoms with Gasteiger partial charge in [0.2, 0.25) is 10.7 Å². The van der Waals surface area contributed by atoms with Crippen LogP contribution in [-0.2, 0) is 11.5 Å². The van der Waals surface area contributed by atoms with Crippen molar-refractivity contribution in [1.82, 2.24) is 19.7 Å². The highest BCUT2D eigenvalue weighted by Gasteiger charge is 2.18. The summed E-state index contributed by atoms with van der Waals surface area (Å²) in [4.78, 5) is 9.02. The minimum absolute atomic E-state index is 0.431. The molecule has 96 valence electrons. The number of rotatable bonds is 3. The number of methoxy groups -OCH3 is 1. The number of anilines is 1. The van der Waals surface area contributed by atoms with Gasteiger partial charge in [-0.25, -0.2) is 4.68 Å². The molecule has 0 unspecified atom stereocenters. The van der Waals surface area contributed by atoms with Gasteiger partial charge in [0.25, 0.3) is 0 Å². The predicted molar refractivity (Wildman–Crippen MR) is 69.1 cm³/mol. The first-order valence-corrected chi connectivity index (χ1v) is 6.53. The second kappa shape index (κ2) is 5.79. The summed E-state index contributed by atoms with van der Waals surface area (Å²) in [5, 5.41) is 4.27. The molecule has 2 heterocycles. The average molecular weight is 304 g/mol. The largest absolute Gasteiger partial charge is 0.362 e. The van der Waals surface area contributed by atoms with E-state index in [1.807, 2.05) is 0 Å². The molecule has 6 nitrogen and oxygen atoms in total. The molecule has 0 aliphatic carbocycles. The Morgan fingerprint density at radius 1 is 1.29 bits per heavy atom. The van der Waals surface area contributed by atoms with Gasteiger partial charge in [-0.2, -0.15) is 4.98 Å². The highest BCUT2D eigenvalue weighted by molar-refractivity contribution is 9.10. The maximum absolute atomic E-state index is 5.13. The lowest BCUT2D eigenvalue weighted by molar-refractivity contribution is 0.121. The molecule has 0 spiro atoms.